The second-order valence-electron chi connectivity index (χ2n) is 4.57. The van der Waals surface area contributed by atoms with Crippen LogP contribution in [0.2, 0.25) is 5.02 Å². The Morgan fingerprint density at radius 2 is 2.17 bits per heavy atom. The van der Waals surface area contributed by atoms with Crippen LogP contribution >= 0.6 is 11.6 Å². The SMILES string of the molecule is CC(CC(=O)O)C(=O)N1Cc2cccc(Cl)c2C1. The van der Waals surface area contributed by atoms with Crippen molar-refractivity contribution >= 4 is 23.5 Å². The van der Waals surface area contributed by atoms with Gasteiger partial charge in [0.15, 0.2) is 0 Å². The van der Waals surface area contributed by atoms with E-state index in [1.54, 1.807) is 17.9 Å². The molecule has 0 aliphatic carbocycles. The van der Waals surface area contributed by atoms with E-state index in [1.165, 1.54) is 0 Å². The number of nitrogens with zero attached hydrogens (tertiary/aromatic N) is 1. The summed E-state index contributed by atoms with van der Waals surface area (Å²) in [6.07, 6.45) is -0.139. The van der Waals surface area contributed by atoms with E-state index in [0.29, 0.717) is 18.1 Å². The zero-order valence-electron chi connectivity index (χ0n) is 10.0. The summed E-state index contributed by atoms with van der Waals surface area (Å²) in [5, 5.41) is 9.36. The Labute approximate surface area is 110 Å². The van der Waals surface area contributed by atoms with E-state index in [9.17, 15) is 9.59 Å². The zero-order valence-corrected chi connectivity index (χ0v) is 10.8. The number of aliphatic carboxylic acids is 1. The van der Waals surface area contributed by atoms with Gasteiger partial charge in [-0.2, -0.15) is 0 Å². The zero-order chi connectivity index (χ0) is 13.3. The molecule has 1 aliphatic rings. The molecule has 0 saturated carbocycles. The Morgan fingerprint density at radius 3 is 2.78 bits per heavy atom. The van der Waals surface area contributed by atoms with E-state index >= 15 is 0 Å². The summed E-state index contributed by atoms with van der Waals surface area (Å²) in [6, 6.07) is 5.60. The van der Waals surface area contributed by atoms with E-state index < -0.39 is 11.9 Å². The Morgan fingerprint density at radius 1 is 1.44 bits per heavy atom. The first kappa shape index (κ1) is 12.9. The minimum Gasteiger partial charge on any atom is -0.481 e. The smallest absolute Gasteiger partial charge is 0.304 e. The molecule has 1 N–H and O–H groups in total. The van der Waals surface area contributed by atoms with E-state index in [1.807, 2.05) is 12.1 Å². The fourth-order valence-corrected chi connectivity index (χ4v) is 2.45. The number of rotatable bonds is 3. The average Bonchev–Trinajstić information content (AvgIpc) is 2.72. The van der Waals surface area contributed by atoms with Gasteiger partial charge in [0.05, 0.1) is 6.42 Å². The van der Waals surface area contributed by atoms with Gasteiger partial charge in [0.1, 0.15) is 0 Å². The second-order valence-corrected chi connectivity index (χ2v) is 4.98. The number of fused-ring (bicyclic) bond motifs is 1. The van der Waals surface area contributed by atoms with Crippen LogP contribution in [0.15, 0.2) is 18.2 Å². The molecule has 1 unspecified atom stereocenters. The molecule has 0 spiro atoms. The highest BCUT2D eigenvalue weighted by Gasteiger charge is 2.28. The largest absolute Gasteiger partial charge is 0.481 e. The highest BCUT2D eigenvalue weighted by molar-refractivity contribution is 6.31. The van der Waals surface area contributed by atoms with Crippen LogP contribution in [0, 0.1) is 5.92 Å². The number of hydrogen-bond donors (Lipinski definition) is 1. The van der Waals surface area contributed by atoms with Gasteiger partial charge < -0.3 is 10.0 Å². The summed E-state index contributed by atoms with van der Waals surface area (Å²) in [5.41, 5.74) is 2.01. The Kier molecular flexibility index (Phi) is 3.57. The minimum atomic E-state index is -0.953. The predicted molar refractivity (Wildman–Crippen MR) is 67.1 cm³/mol. The Hall–Kier alpha value is -1.55. The summed E-state index contributed by atoms with van der Waals surface area (Å²) in [4.78, 5) is 24.3. The Bertz CT molecular complexity index is 501. The van der Waals surface area contributed by atoms with Gasteiger partial charge in [-0.05, 0) is 17.2 Å². The summed E-state index contributed by atoms with van der Waals surface area (Å²) in [5.74, 6) is -1.59. The molecule has 1 atom stereocenters. The molecule has 1 heterocycles. The maximum atomic E-state index is 12.1. The molecule has 1 aliphatic heterocycles. The molecule has 0 radical (unpaired) electrons. The van der Waals surface area contributed by atoms with Crippen LogP contribution in [0.25, 0.3) is 0 Å². The molecule has 1 aromatic rings. The van der Waals surface area contributed by atoms with Crippen molar-refractivity contribution in [3.05, 3.63) is 34.3 Å². The third-order valence-corrected chi connectivity index (χ3v) is 3.49. The number of carbonyl (C=O) groups excluding carboxylic acids is 1. The number of amides is 1. The van der Waals surface area contributed by atoms with Crippen molar-refractivity contribution in [2.45, 2.75) is 26.4 Å². The van der Waals surface area contributed by atoms with E-state index in [0.717, 1.165) is 11.1 Å². The molecule has 96 valence electrons. The molecule has 1 aromatic carbocycles. The molecule has 4 nitrogen and oxygen atoms in total. The van der Waals surface area contributed by atoms with Gasteiger partial charge in [-0.3, -0.25) is 9.59 Å². The first-order chi connectivity index (χ1) is 8.49. The van der Waals surface area contributed by atoms with Crippen LogP contribution in [0.4, 0.5) is 0 Å². The van der Waals surface area contributed by atoms with Crippen molar-refractivity contribution < 1.29 is 14.7 Å². The quantitative estimate of drug-likeness (QED) is 0.914. The number of carboxylic acids is 1. The Balaban J connectivity index is 2.09. The molecule has 2 rings (SSSR count). The van der Waals surface area contributed by atoms with Crippen LogP contribution in [-0.4, -0.2) is 21.9 Å². The van der Waals surface area contributed by atoms with Gasteiger partial charge in [0.2, 0.25) is 5.91 Å². The molecule has 0 bridgehead atoms. The second kappa shape index (κ2) is 4.98. The van der Waals surface area contributed by atoms with E-state index in [-0.39, 0.29) is 12.3 Å². The summed E-state index contributed by atoms with van der Waals surface area (Å²) >= 11 is 6.07. The first-order valence-corrected chi connectivity index (χ1v) is 6.13. The summed E-state index contributed by atoms with van der Waals surface area (Å²) in [6.45, 7) is 2.62. The third kappa shape index (κ3) is 2.48. The standard InChI is InChI=1S/C13H14ClNO3/c1-8(5-12(16)17)13(18)15-6-9-3-2-4-11(14)10(9)7-15/h2-4,8H,5-7H2,1H3,(H,16,17). The molecular formula is C13H14ClNO3. The lowest BCUT2D eigenvalue weighted by molar-refractivity contribution is -0.144. The van der Waals surface area contributed by atoms with Crippen molar-refractivity contribution in [2.75, 3.05) is 0 Å². The fourth-order valence-electron chi connectivity index (χ4n) is 2.20. The van der Waals surface area contributed by atoms with Gasteiger partial charge in [0.25, 0.3) is 0 Å². The topological polar surface area (TPSA) is 57.6 Å². The molecule has 0 fully saturated rings. The third-order valence-electron chi connectivity index (χ3n) is 3.14. The monoisotopic (exact) mass is 267 g/mol. The number of halogens is 1. The van der Waals surface area contributed by atoms with E-state index in [4.69, 9.17) is 16.7 Å². The van der Waals surface area contributed by atoms with E-state index in [2.05, 4.69) is 0 Å². The van der Waals surface area contributed by atoms with Gasteiger partial charge in [-0.25, -0.2) is 0 Å². The van der Waals surface area contributed by atoms with Crippen molar-refractivity contribution in [1.29, 1.82) is 0 Å². The highest BCUT2D eigenvalue weighted by atomic mass is 35.5. The highest BCUT2D eigenvalue weighted by Crippen LogP contribution is 2.30. The minimum absolute atomic E-state index is 0.135. The number of carboxylic acid groups (broad SMARTS) is 1. The van der Waals surface area contributed by atoms with Gasteiger partial charge in [0, 0.05) is 24.0 Å². The van der Waals surface area contributed by atoms with Crippen molar-refractivity contribution in [3.8, 4) is 0 Å². The summed E-state index contributed by atoms with van der Waals surface area (Å²) in [7, 11) is 0. The molecule has 5 heteroatoms. The normalized spacial score (nSPS) is 15.3. The van der Waals surface area contributed by atoms with Crippen molar-refractivity contribution in [2.24, 2.45) is 5.92 Å². The molecule has 18 heavy (non-hydrogen) atoms. The predicted octanol–water partition coefficient (Wildman–Crippen LogP) is 2.29. The molecule has 1 amide bonds. The van der Waals surface area contributed by atoms with Crippen molar-refractivity contribution in [3.63, 3.8) is 0 Å². The van der Waals surface area contributed by atoms with Crippen LogP contribution in [-0.2, 0) is 22.7 Å². The maximum Gasteiger partial charge on any atom is 0.304 e. The number of hydrogen-bond acceptors (Lipinski definition) is 2. The number of carbonyl (C=O) groups is 2. The van der Waals surface area contributed by atoms with Crippen LogP contribution in [0.5, 0.6) is 0 Å². The van der Waals surface area contributed by atoms with Crippen LogP contribution in [0.1, 0.15) is 24.5 Å². The first-order valence-electron chi connectivity index (χ1n) is 5.76. The summed E-state index contributed by atoms with van der Waals surface area (Å²) < 4.78 is 0. The van der Waals surface area contributed by atoms with Crippen LogP contribution in [0.3, 0.4) is 0 Å². The lowest BCUT2D eigenvalue weighted by atomic mass is 10.1. The van der Waals surface area contributed by atoms with Crippen molar-refractivity contribution in [1.82, 2.24) is 4.90 Å². The molecule has 0 aromatic heterocycles. The van der Waals surface area contributed by atoms with Crippen LogP contribution < -0.4 is 0 Å². The fraction of sp³-hybridized carbons (Fsp3) is 0.385. The van der Waals surface area contributed by atoms with Gasteiger partial charge in [-0.1, -0.05) is 30.7 Å². The number of benzene rings is 1. The maximum absolute atomic E-state index is 12.1. The lowest BCUT2D eigenvalue weighted by Crippen LogP contribution is -2.31. The lowest BCUT2D eigenvalue weighted by Gasteiger charge is -2.19. The average molecular weight is 268 g/mol. The molecule has 0 saturated heterocycles. The molecular weight excluding hydrogens is 254 g/mol. The van der Waals surface area contributed by atoms with Gasteiger partial charge in [-0.15, -0.1) is 0 Å². The van der Waals surface area contributed by atoms with Gasteiger partial charge >= 0.3 is 5.97 Å².